The smallest absolute Gasteiger partial charge is 0.185 e. The van der Waals surface area contributed by atoms with Crippen molar-refractivity contribution in [3.8, 4) is 24.3 Å². The van der Waals surface area contributed by atoms with E-state index < -0.39 is 16.7 Å². The first-order valence-corrected chi connectivity index (χ1v) is 4.77. The summed E-state index contributed by atoms with van der Waals surface area (Å²) in [5, 5.41) is 36.4. The molecule has 0 saturated heterocycles. The number of aromatic nitrogens is 1. The Balaban J connectivity index is 2.61. The maximum absolute atomic E-state index is 9.09. The van der Waals surface area contributed by atoms with Gasteiger partial charge in [-0.1, -0.05) is 6.07 Å². The third kappa shape index (κ3) is 1.01. The van der Waals surface area contributed by atoms with Crippen LogP contribution in [0.1, 0.15) is 11.5 Å². The summed E-state index contributed by atoms with van der Waals surface area (Å²) in [6, 6.07) is 10.5. The number of nitrogens with zero attached hydrogens (tertiary/aromatic N) is 5. The third-order valence-electron chi connectivity index (χ3n) is 3.13. The molecule has 78 valence electrons. The second-order valence-electron chi connectivity index (χ2n) is 3.78. The van der Waals surface area contributed by atoms with Crippen LogP contribution in [0.3, 0.4) is 0 Å². The molecule has 0 N–H and O–H groups in total. The van der Waals surface area contributed by atoms with E-state index in [0.29, 0.717) is 5.56 Å². The van der Waals surface area contributed by atoms with Crippen LogP contribution in [0.15, 0.2) is 24.5 Å². The average Bonchev–Trinajstić information content (AvgIpc) is 3.02. The van der Waals surface area contributed by atoms with Gasteiger partial charge in [0.05, 0.1) is 30.2 Å². The zero-order valence-electron chi connectivity index (χ0n) is 8.62. The highest BCUT2D eigenvalue weighted by atomic mass is 14.8. The molecule has 1 aromatic heterocycles. The summed E-state index contributed by atoms with van der Waals surface area (Å²) in [6.45, 7) is 0. The van der Waals surface area contributed by atoms with E-state index in [2.05, 4.69) is 4.98 Å². The van der Waals surface area contributed by atoms with Gasteiger partial charge in [-0.25, -0.2) is 0 Å². The average molecular weight is 219 g/mol. The van der Waals surface area contributed by atoms with Crippen LogP contribution in [0.5, 0.6) is 0 Å². The quantitative estimate of drug-likeness (QED) is 0.706. The Bertz CT molecular complexity index is 554. The van der Waals surface area contributed by atoms with Crippen molar-refractivity contribution in [2.45, 2.75) is 5.92 Å². The largest absolute Gasteiger partial charge is 0.264 e. The van der Waals surface area contributed by atoms with Crippen LogP contribution < -0.4 is 0 Å². The first-order valence-electron chi connectivity index (χ1n) is 4.77. The van der Waals surface area contributed by atoms with Crippen LogP contribution in [0.4, 0.5) is 0 Å². The molecule has 0 radical (unpaired) electrons. The molecule has 0 spiro atoms. The van der Waals surface area contributed by atoms with Gasteiger partial charge in [-0.3, -0.25) is 4.98 Å². The summed E-state index contributed by atoms with van der Waals surface area (Å²) < 4.78 is 0. The van der Waals surface area contributed by atoms with Gasteiger partial charge in [0.15, 0.2) is 10.8 Å². The van der Waals surface area contributed by atoms with E-state index in [1.165, 1.54) is 6.20 Å². The summed E-state index contributed by atoms with van der Waals surface area (Å²) in [5.41, 5.74) is -2.60. The van der Waals surface area contributed by atoms with Gasteiger partial charge in [-0.15, -0.1) is 0 Å². The Morgan fingerprint density at radius 1 is 1.00 bits per heavy atom. The molecule has 0 unspecified atom stereocenters. The number of rotatable bonds is 1. The van der Waals surface area contributed by atoms with Gasteiger partial charge < -0.3 is 0 Å². The molecular formula is C12H5N5. The van der Waals surface area contributed by atoms with Crippen molar-refractivity contribution in [1.82, 2.24) is 4.98 Å². The van der Waals surface area contributed by atoms with E-state index >= 15 is 0 Å². The Morgan fingerprint density at radius 2 is 1.53 bits per heavy atom. The van der Waals surface area contributed by atoms with Crippen molar-refractivity contribution < 1.29 is 0 Å². The molecule has 2 rings (SSSR count). The van der Waals surface area contributed by atoms with Crippen LogP contribution in [0, 0.1) is 56.2 Å². The third-order valence-corrected chi connectivity index (χ3v) is 3.13. The molecule has 0 aromatic carbocycles. The molecule has 0 bridgehead atoms. The molecule has 0 atom stereocenters. The van der Waals surface area contributed by atoms with Crippen molar-refractivity contribution in [3.63, 3.8) is 0 Å². The molecule has 5 nitrogen and oxygen atoms in total. The van der Waals surface area contributed by atoms with Crippen molar-refractivity contribution >= 4 is 0 Å². The number of pyridine rings is 1. The molecule has 1 fully saturated rings. The minimum atomic E-state index is -1.58. The zero-order chi connectivity index (χ0) is 12.5. The van der Waals surface area contributed by atoms with E-state index in [1.54, 1.807) is 18.3 Å². The van der Waals surface area contributed by atoms with Crippen molar-refractivity contribution in [3.05, 3.63) is 30.1 Å². The lowest BCUT2D eigenvalue weighted by Gasteiger charge is -1.96. The SMILES string of the molecule is N#CC1(C#N)C(c2cccnc2)C1(C#N)C#N. The highest BCUT2D eigenvalue weighted by molar-refractivity contribution is 5.58. The van der Waals surface area contributed by atoms with Gasteiger partial charge in [-0.05, 0) is 11.6 Å². The van der Waals surface area contributed by atoms with Gasteiger partial charge in [0.25, 0.3) is 0 Å². The van der Waals surface area contributed by atoms with Crippen LogP contribution in [0.25, 0.3) is 0 Å². The van der Waals surface area contributed by atoms with Crippen LogP contribution in [-0.2, 0) is 0 Å². The summed E-state index contributed by atoms with van der Waals surface area (Å²) in [4.78, 5) is 3.88. The van der Waals surface area contributed by atoms with E-state index in [1.807, 2.05) is 24.3 Å². The lowest BCUT2D eigenvalue weighted by atomic mass is 9.98. The predicted molar refractivity (Wildman–Crippen MR) is 54.3 cm³/mol. The molecule has 17 heavy (non-hydrogen) atoms. The van der Waals surface area contributed by atoms with Crippen LogP contribution >= 0.6 is 0 Å². The molecule has 1 saturated carbocycles. The topological polar surface area (TPSA) is 108 Å². The molecular weight excluding hydrogens is 214 g/mol. The molecule has 1 heterocycles. The molecule has 0 amide bonds. The second-order valence-corrected chi connectivity index (χ2v) is 3.78. The van der Waals surface area contributed by atoms with Crippen molar-refractivity contribution in [2.24, 2.45) is 10.8 Å². The number of nitriles is 4. The van der Waals surface area contributed by atoms with Gasteiger partial charge in [-0.2, -0.15) is 21.0 Å². The monoisotopic (exact) mass is 219 g/mol. The fraction of sp³-hybridized carbons (Fsp3) is 0.250. The summed E-state index contributed by atoms with van der Waals surface area (Å²) in [5.74, 6) is -0.714. The normalized spacial score (nSPS) is 19.1. The molecule has 1 aliphatic carbocycles. The maximum Gasteiger partial charge on any atom is 0.185 e. The Labute approximate surface area is 97.8 Å². The maximum atomic E-state index is 9.09. The standard InChI is InChI=1S/C12H5N5/c13-5-11(6-14)10(12(11,7-15)8-16)9-2-1-3-17-4-9/h1-4,10H. The van der Waals surface area contributed by atoms with E-state index in [9.17, 15) is 0 Å². The molecule has 0 aliphatic heterocycles. The van der Waals surface area contributed by atoms with E-state index in [0.717, 1.165) is 0 Å². The second kappa shape index (κ2) is 3.31. The minimum Gasteiger partial charge on any atom is -0.264 e. The summed E-state index contributed by atoms with van der Waals surface area (Å²) in [7, 11) is 0. The van der Waals surface area contributed by atoms with Crippen LogP contribution in [0.2, 0.25) is 0 Å². The van der Waals surface area contributed by atoms with Crippen molar-refractivity contribution in [1.29, 1.82) is 21.0 Å². The van der Waals surface area contributed by atoms with Gasteiger partial charge in [0.1, 0.15) is 0 Å². The lowest BCUT2D eigenvalue weighted by molar-refractivity contribution is 0.727. The predicted octanol–water partition coefficient (Wildman–Crippen LogP) is 1.25. The summed E-state index contributed by atoms with van der Waals surface area (Å²) >= 11 is 0. The fourth-order valence-corrected chi connectivity index (χ4v) is 2.18. The first-order chi connectivity index (χ1) is 8.22. The molecule has 1 aliphatic rings. The summed E-state index contributed by atoms with van der Waals surface area (Å²) in [6.07, 6.45) is 3.03. The first kappa shape index (κ1) is 10.6. The Hall–Kier alpha value is -2.89. The number of hydrogen-bond acceptors (Lipinski definition) is 5. The lowest BCUT2D eigenvalue weighted by Crippen LogP contribution is -2.05. The minimum absolute atomic E-state index is 0.568. The highest BCUT2D eigenvalue weighted by Crippen LogP contribution is 2.73. The Morgan fingerprint density at radius 3 is 1.88 bits per heavy atom. The van der Waals surface area contributed by atoms with E-state index in [4.69, 9.17) is 21.0 Å². The van der Waals surface area contributed by atoms with Gasteiger partial charge in [0, 0.05) is 12.4 Å². The zero-order valence-corrected chi connectivity index (χ0v) is 8.62. The van der Waals surface area contributed by atoms with Crippen LogP contribution in [-0.4, -0.2) is 4.98 Å². The Kier molecular flexibility index (Phi) is 2.07. The van der Waals surface area contributed by atoms with Gasteiger partial charge in [0.2, 0.25) is 0 Å². The number of hydrogen-bond donors (Lipinski definition) is 0. The van der Waals surface area contributed by atoms with Crippen molar-refractivity contribution in [2.75, 3.05) is 0 Å². The van der Waals surface area contributed by atoms with Gasteiger partial charge >= 0.3 is 0 Å². The molecule has 5 heteroatoms. The highest BCUT2D eigenvalue weighted by Gasteiger charge is 2.82. The fourth-order valence-electron chi connectivity index (χ4n) is 2.18. The molecule has 1 aromatic rings. The van der Waals surface area contributed by atoms with E-state index in [-0.39, 0.29) is 0 Å².